The second-order valence-electron chi connectivity index (χ2n) is 5.07. The lowest BCUT2D eigenvalue weighted by atomic mass is 10.3. The van der Waals surface area contributed by atoms with E-state index in [2.05, 4.69) is 0 Å². The number of nitrogen functional groups attached to an aromatic ring is 1. The molecule has 0 aliphatic rings. The van der Waals surface area contributed by atoms with Crippen molar-refractivity contribution in [3.05, 3.63) is 71.0 Å². The molecular weight excluding hydrogens is 294 g/mol. The predicted octanol–water partition coefficient (Wildman–Crippen LogP) is 4.04. The number of nitrogens with two attached hydrogens (primary N) is 1. The molecular formula is C17H19N3OS. The van der Waals surface area contributed by atoms with Crippen molar-refractivity contribution in [2.45, 2.75) is 11.8 Å². The number of rotatable bonds is 2. The number of aromatic nitrogens is 2. The summed E-state index contributed by atoms with van der Waals surface area (Å²) in [7, 11) is 0.855. The normalized spacial score (nSPS) is 13.1. The average Bonchev–Trinajstić information content (AvgIpc) is 2.78. The van der Waals surface area contributed by atoms with Crippen LogP contribution in [0.5, 0.6) is 0 Å². The van der Waals surface area contributed by atoms with Crippen LogP contribution < -0.4 is 5.73 Å². The molecule has 0 fully saturated rings. The summed E-state index contributed by atoms with van der Waals surface area (Å²) in [5.74, 6) is 0. The Morgan fingerprint density at radius 1 is 0.955 bits per heavy atom. The van der Waals surface area contributed by atoms with Gasteiger partial charge in [0.25, 0.3) is 0 Å². The Kier molecular flexibility index (Phi) is 3.92. The van der Waals surface area contributed by atoms with E-state index in [-0.39, 0.29) is 0 Å². The number of benzene rings is 2. The van der Waals surface area contributed by atoms with Crippen molar-refractivity contribution in [3.8, 4) is 5.69 Å². The first-order valence-corrected chi connectivity index (χ1v) is 8.20. The average molecular weight is 313 g/mol. The van der Waals surface area contributed by atoms with Crippen LogP contribution in [0, 0.1) is 11.6 Å². The third kappa shape index (κ3) is 2.38. The fourth-order valence-electron chi connectivity index (χ4n) is 2.59. The van der Waals surface area contributed by atoms with E-state index in [4.69, 9.17) is 5.73 Å². The van der Waals surface area contributed by atoms with E-state index in [1.807, 2.05) is 84.0 Å². The van der Waals surface area contributed by atoms with Crippen LogP contribution in [-0.2, 0) is 7.05 Å². The van der Waals surface area contributed by atoms with E-state index in [1.165, 1.54) is 0 Å². The van der Waals surface area contributed by atoms with Crippen LogP contribution in [0.4, 0.5) is 5.69 Å². The predicted molar refractivity (Wildman–Crippen MR) is 92.1 cm³/mol. The molecule has 0 aliphatic heterocycles. The van der Waals surface area contributed by atoms with Gasteiger partial charge in [0.05, 0.1) is 17.1 Å². The molecule has 5 heteroatoms. The van der Waals surface area contributed by atoms with Crippen molar-refractivity contribution in [2.75, 3.05) is 5.73 Å². The molecule has 1 atom stereocenters. The molecule has 1 heterocycles. The summed E-state index contributed by atoms with van der Waals surface area (Å²) in [6.45, 7) is 1.97. The fraction of sp³-hybridized carbons (Fsp3) is 0.118. The molecule has 4 nitrogen and oxygen atoms in total. The molecule has 3 rings (SSSR count). The first-order chi connectivity index (χ1) is 10.6. The van der Waals surface area contributed by atoms with Gasteiger partial charge in [-0.25, -0.2) is 0 Å². The van der Waals surface area contributed by atoms with Crippen LogP contribution in [0.1, 0.15) is 5.69 Å². The smallest absolute Gasteiger partial charge is 0.135 e. The van der Waals surface area contributed by atoms with Crippen LogP contribution >= 0.6 is 10.8 Å². The second-order valence-corrected chi connectivity index (χ2v) is 6.50. The molecule has 0 saturated carbocycles. The van der Waals surface area contributed by atoms with Crippen molar-refractivity contribution < 1.29 is 4.55 Å². The molecule has 0 bridgehead atoms. The summed E-state index contributed by atoms with van der Waals surface area (Å²) in [4.78, 5) is 0.856. The monoisotopic (exact) mass is 313 g/mol. The number of anilines is 1. The Morgan fingerprint density at radius 3 is 2.09 bits per heavy atom. The van der Waals surface area contributed by atoms with Gasteiger partial charge in [-0.1, -0.05) is 36.4 Å². The highest BCUT2D eigenvalue weighted by Gasteiger charge is 2.13. The molecule has 0 radical (unpaired) electrons. The molecule has 22 heavy (non-hydrogen) atoms. The van der Waals surface area contributed by atoms with Gasteiger partial charge in [-0.2, -0.15) is 0 Å². The van der Waals surface area contributed by atoms with E-state index in [0.29, 0.717) is 5.69 Å². The third-order valence-electron chi connectivity index (χ3n) is 3.68. The minimum atomic E-state index is -1.07. The molecule has 0 spiro atoms. The molecule has 3 aromatic rings. The Morgan fingerprint density at radius 2 is 1.50 bits per heavy atom. The fourth-order valence-corrected chi connectivity index (χ4v) is 3.91. The van der Waals surface area contributed by atoms with Gasteiger partial charge in [-0.05, 0) is 42.0 Å². The van der Waals surface area contributed by atoms with Crippen LogP contribution in [0.2, 0.25) is 0 Å². The second kappa shape index (κ2) is 5.87. The van der Waals surface area contributed by atoms with Crippen LogP contribution in [0.25, 0.3) is 5.69 Å². The van der Waals surface area contributed by atoms with Gasteiger partial charge in [0.15, 0.2) is 0 Å². The maximum absolute atomic E-state index is 10.8. The molecule has 0 amide bonds. The van der Waals surface area contributed by atoms with Gasteiger partial charge >= 0.3 is 0 Å². The van der Waals surface area contributed by atoms with Crippen molar-refractivity contribution in [3.63, 3.8) is 0 Å². The van der Waals surface area contributed by atoms with Gasteiger partial charge in [-0.15, -0.1) is 0 Å². The highest BCUT2D eigenvalue weighted by molar-refractivity contribution is 8.04. The van der Waals surface area contributed by atoms with Crippen molar-refractivity contribution >= 4 is 16.5 Å². The van der Waals surface area contributed by atoms with Gasteiger partial charge in [0.2, 0.25) is 0 Å². The summed E-state index contributed by atoms with van der Waals surface area (Å²) < 4.78 is 15.4. The van der Waals surface area contributed by atoms with Crippen molar-refractivity contribution in [1.29, 1.82) is 0 Å². The van der Waals surface area contributed by atoms with Gasteiger partial charge < -0.3 is 10.3 Å². The summed E-state index contributed by atoms with van der Waals surface area (Å²) in [6.07, 6.45) is 0. The molecule has 1 aromatic heterocycles. The van der Waals surface area contributed by atoms with Crippen LogP contribution in [-0.4, -0.2) is 13.9 Å². The van der Waals surface area contributed by atoms with Crippen LogP contribution in [0.3, 0.4) is 0 Å². The Hall–Kier alpha value is -2.24. The minimum absolute atomic E-state index is 0.626. The molecule has 3 N–H and O–H groups in total. The third-order valence-corrected chi connectivity index (χ3v) is 5.25. The standard InChI is InChI=1S/C17H19N3OS/c1-13-16(18)17(22(21)15-11-7-4-8-12-15)19(2)20(13)14-9-5-3-6-10-14/h3-12,21H,18H2,1-2H3. The van der Waals surface area contributed by atoms with E-state index in [9.17, 15) is 4.55 Å². The number of para-hydroxylation sites is 1. The summed E-state index contributed by atoms with van der Waals surface area (Å²) in [5.41, 5.74) is 8.85. The van der Waals surface area contributed by atoms with Gasteiger partial charge in [0.1, 0.15) is 4.64 Å². The van der Waals surface area contributed by atoms with Crippen molar-refractivity contribution in [2.24, 2.45) is 7.05 Å². The summed E-state index contributed by atoms with van der Waals surface area (Å²) >= 11 is 0. The summed E-state index contributed by atoms with van der Waals surface area (Å²) in [5, 5.41) is 0. The number of nitrogens with zero attached hydrogens (tertiary/aromatic N) is 2. The zero-order valence-corrected chi connectivity index (χ0v) is 13.4. The van der Waals surface area contributed by atoms with E-state index < -0.39 is 10.8 Å². The molecule has 114 valence electrons. The number of hydrogen-bond donors (Lipinski definition) is 2. The zero-order chi connectivity index (χ0) is 15.7. The quantitative estimate of drug-likeness (QED) is 0.702. The highest BCUT2D eigenvalue weighted by atomic mass is 32.2. The van der Waals surface area contributed by atoms with E-state index in [0.717, 1.165) is 20.9 Å². The Labute approximate surface area is 132 Å². The topological polar surface area (TPSA) is 56.1 Å². The molecule has 0 saturated heterocycles. The van der Waals surface area contributed by atoms with E-state index >= 15 is 0 Å². The van der Waals surface area contributed by atoms with E-state index in [1.54, 1.807) is 0 Å². The number of hydrogen-bond acceptors (Lipinski definition) is 2. The lowest BCUT2D eigenvalue weighted by Gasteiger charge is -2.11. The first kappa shape index (κ1) is 14.7. The van der Waals surface area contributed by atoms with Crippen molar-refractivity contribution in [1.82, 2.24) is 9.36 Å². The summed E-state index contributed by atoms with van der Waals surface area (Å²) in [6, 6.07) is 19.6. The molecule has 2 aromatic carbocycles. The molecule has 1 unspecified atom stereocenters. The zero-order valence-electron chi connectivity index (χ0n) is 12.6. The van der Waals surface area contributed by atoms with Crippen LogP contribution in [0.15, 0.2) is 65.6 Å². The van der Waals surface area contributed by atoms with Gasteiger partial charge in [-0.3, -0.25) is 9.36 Å². The Balaban J connectivity index is 2.32. The minimum Gasteiger partial charge on any atom is -0.395 e. The first-order valence-electron chi connectivity index (χ1n) is 7.02. The lowest BCUT2D eigenvalue weighted by molar-refractivity contribution is 0.625. The Bertz CT molecular complexity index is 864. The lowest BCUT2D eigenvalue weighted by Crippen LogP contribution is -2.08. The SMILES string of the molecule is Cc1c(N)c(=S(O)c2ccccc2)n(C)n1-c1ccccc1. The maximum atomic E-state index is 10.8. The largest absolute Gasteiger partial charge is 0.395 e. The van der Waals surface area contributed by atoms with Gasteiger partial charge in [0, 0.05) is 11.9 Å². The molecule has 0 aliphatic carbocycles. The maximum Gasteiger partial charge on any atom is 0.135 e. The highest BCUT2D eigenvalue weighted by Crippen LogP contribution is 2.31.